The van der Waals surface area contributed by atoms with Crippen molar-refractivity contribution < 1.29 is 4.74 Å². The molecule has 114 valence electrons. The monoisotopic (exact) mass is 307 g/mol. The molecule has 3 heterocycles. The van der Waals surface area contributed by atoms with Crippen LogP contribution in [0.5, 0.6) is 5.19 Å². The topological polar surface area (TPSA) is 56.1 Å². The fourth-order valence-corrected chi connectivity index (χ4v) is 3.52. The van der Waals surface area contributed by atoms with Crippen molar-refractivity contribution in [2.45, 2.75) is 45.8 Å². The highest BCUT2D eigenvalue weighted by Gasteiger charge is 2.26. The maximum absolute atomic E-state index is 5.39. The number of aromatic nitrogens is 4. The first kappa shape index (κ1) is 14.5. The Morgan fingerprint density at radius 2 is 2.33 bits per heavy atom. The predicted octanol–water partition coefficient (Wildman–Crippen LogP) is 2.11. The van der Waals surface area contributed by atoms with Crippen molar-refractivity contribution in [3.05, 3.63) is 23.0 Å². The number of hydrogen-bond acceptors (Lipinski definition) is 6. The molecule has 1 atom stereocenters. The molecule has 0 saturated carbocycles. The Bertz CT molecular complexity index is 581. The summed E-state index contributed by atoms with van der Waals surface area (Å²) in [5, 5.41) is 14.4. The number of hydrogen-bond donors (Lipinski definition) is 0. The minimum Gasteiger partial charge on any atom is -0.469 e. The summed E-state index contributed by atoms with van der Waals surface area (Å²) in [6, 6.07) is 0.531. The lowest BCUT2D eigenvalue weighted by Crippen LogP contribution is -2.32. The molecule has 0 aliphatic carbocycles. The van der Waals surface area contributed by atoms with Crippen molar-refractivity contribution in [1.82, 2.24) is 24.9 Å². The van der Waals surface area contributed by atoms with E-state index in [2.05, 4.69) is 33.3 Å². The normalized spacial score (nSPS) is 19.2. The Hall–Kier alpha value is -1.47. The fourth-order valence-electron chi connectivity index (χ4n) is 2.75. The molecule has 1 aliphatic rings. The van der Waals surface area contributed by atoms with Gasteiger partial charge in [0, 0.05) is 12.2 Å². The first-order chi connectivity index (χ1) is 10.2. The fraction of sp³-hybridized carbons (Fsp3) is 0.643. The molecule has 1 aliphatic heterocycles. The Kier molecular flexibility index (Phi) is 4.50. The van der Waals surface area contributed by atoms with E-state index >= 15 is 0 Å². The van der Waals surface area contributed by atoms with Gasteiger partial charge in [0.25, 0.3) is 5.19 Å². The van der Waals surface area contributed by atoms with Crippen LogP contribution < -0.4 is 4.74 Å². The minimum atomic E-state index is 0.531. The Balaban J connectivity index is 1.60. The lowest BCUT2D eigenvalue weighted by atomic mass is 10.2. The molecule has 7 heteroatoms. The average molecular weight is 307 g/mol. The van der Waals surface area contributed by atoms with Gasteiger partial charge in [0.1, 0.15) is 5.01 Å². The van der Waals surface area contributed by atoms with Crippen molar-refractivity contribution in [3.8, 4) is 5.19 Å². The zero-order valence-electron chi connectivity index (χ0n) is 12.5. The number of aryl methyl sites for hydroxylation is 1. The second kappa shape index (κ2) is 6.53. The summed E-state index contributed by atoms with van der Waals surface area (Å²) in [4.78, 5) is 2.48. The molecule has 0 bridgehead atoms. The van der Waals surface area contributed by atoms with Crippen molar-refractivity contribution in [1.29, 1.82) is 0 Å². The van der Waals surface area contributed by atoms with E-state index in [0.29, 0.717) is 17.8 Å². The third-order valence-electron chi connectivity index (χ3n) is 3.71. The molecule has 0 unspecified atom stereocenters. The highest BCUT2D eigenvalue weighted by molar-refractivity contribution is 7.13. The van der Waals surface area contributed by atoms with Gasteiger partial charge in [-0.15, -0.1) is 10.2 Å². The SMILES string of the molecule is CCOc1nnc(CN2CCC[C@H]2Cn2cc(C)cn2)s1. The summed E-state index contributed by atoms with van der Waals surface area (Å²) in [5.74, 6) is 0. The van der Waals surface area contributed by atoms with E-state index in [1.165, 1.54) is 18.4 Å². The average Bonchev–Trinajstić information content (AvgIpc) is 3.16. The third-order valence-corrected chi connectivity index (χ3v) is 4.53. The molecule has 0 spiro atoms. The maximum Gasteiger partial charge on any atom is 0.294 e. The van der Waals surface area contributed by atoms with Crippen LogP contribution in [0.25, 0.3) is 0 Å². The summed E-state index contributed by atoms with van der Waals surface area (Å²) in [7, 11) is 0. The Morgan fingerprint density at radius 1 is 1.43 bits per heavy atom. The van der Waals surface area contributed by atoms with Crippen LogP contribution in [0.3, 0.4) is 0 Å². The smallest absolute Gasteiger partial charge is 0.294 e. The molecular weight excluding hydrogens is 286 g/mol. The molecule has 6 nitrogen and oxygen atoms in total. The summed E-state index contributed by atoms with van der Waals surface area (Å²) in [6.45, 7) is 7.60. The second-order valence-electron chi connectivity index (χ2n) is 5.40. The van der Waals surface area contributed by atoms with E-state index in [1.807, 2.05) is 17.8 Å². The molecule has 2 aromatic rings. The highest BCUT2D eigenvalue weighted by Crippen LogP contribution is 2.24. The van der Waals surface area contributed by atoms with Gasteiger partial charge in [-0.25, -0.2) is 0 Å². The van der Waals surface area contributed by atoms with Crippen molar-refractivity contribution >= 4 is 11.3 Å². The molecule has 0 radical (unpaired) electrons. The van der Waals surface area contributed by atoms with E-state index in [1.54, 1.807) is 11.3 Å². The van der Waals surface area contributed by atoms with Gasteiger partial charge in [0.2, 0.25) is 0 Å². The molecule has 2 aromatic heterocycles. The van der Waals surface area contributed by atoms with Crippen LogP contribution in [0.15, 0.2) is 12.4 Å². The van der Waals surface area contributed by atoms with E-state index in [0.717, 1.165) is 24.6 Å². The van der Waals surface area contributed by atoms with Gasteiger partial charge in [-0.1, -0.05) is 11.3 Å². The first-order valence-corrected chi connectivity index (χ1v) is 8.24. The summed E-state index contributed by atoms with van der Waals surface area (Å²) in [6.07, 6.45) is 6.48. The highest BCUT2D eigenvalue weighted by atomic mass is 32.1. The van der Waals surface area contributed by atoms with Gasteiger partial charge in [-0.05, 0) is 38.8 Å². The standard InChI is InChI=1S/C14H21N5OS/c1-3-20-14-17-16-13(21-14)10-18-6-4-5-12(18)9-19-8-11(2)7-15-19/h7-8,12H,3-6,9-10H2,1-2H3/t12-/m0/s1. The lowest BCUT2D eigenvalue weighted by molar-refractivity contribution is 0.218. The molecule has 1 fully saturated rings. The van der Waals surface area contributed by atoms with Gasteiger partial charge in [-0.3, -0.25) is 9.58 Å². The number of likely N-dealkylation sites (tertiary alicyclic amines) is 1. The molecular formula is C14H21N5OS. The summed E-state index contributed by atoms with van der Waals surface area (Å²) in [5.41, 5.74) is 1.21. The maximum atomic E-state index is 5.39. The van der Waals surface area contributed by atoms with Crippen LogP contribution in [0, 0.1) is 6.92 Å². The molecule has 1 saturated heterocycles. The van der Waals surface area contributed by atoms with Crippen molar-refractivity contribution in [2.75, 3.05) is 13.2 Å². The minimum absolute atomic E-state index is 0.531. The van der Waals surface area contributed by atoms with Crippen LogP contribution in [0.2, 0.25) is 0 Å². The van der Waals surface area contributed by atoms with Crippen LogP contribution >= 0.6 is 11.3 Å². The largest absolute Gasteiger partial charge is 0.469 e. The van der Waals surface area contributed by atoms with Crippen LogP contribution in [-0.2, 0) is 13.1 Å². The molecule has 3 rings (SSSR count). The third kappa shape index (κ3) is 3.59. The van der Waals surface area contributed by atoms with Crippen molar-refractivity contribution in [2.24, 2.45) is 0 Å². The molecule has 21 heavy (non-hydrogen) atoms. The van der Waals surface area contributed by atoms with E-state index in [9.17, 15) is 0 Å². The van der Waals surface area contributed by atoms with Crippen LogP contribution in [0.1, 0.15) is 30.3 Å². The molecule has 0 amide bonds. The van der Waals surface area contributed by atoms with E-state index in [-0.39, 0.29) is 0 Å². The number of nitrogens with zero attached hydrogens (tertiary/aromatic N) is 5. The molecule has 0 N–H and O–H groups in total. The van der Waals surface area contributed by atoms with Crippen molar-refractivity contribution in [3.63, 3.8) is 0 Å². The quantitative estimate of drug-likeness (QED) is 0.818. The summed E-state index contributed by atoms with van der Waals surface area (Å²) >= 11 is 1.55. The van der Waals surface area contributed by atoms with Gasteiger partial charge in [0.15, 0.2) is 0 Å². The van der Waals surface area contributed by atoms with Gasteiger partial charge < -0.3 is 4.74 Å². The Labute approximate surface area is 128 Å². The predicted molar refractivity (Wildman–Crippen MR) is 81.5 cm³/mol. The van der Waals surface area contributed by atoms with Gasteiger partial charge >= 0.3 is 0 Å². The first-order valence-electron chi connectivity index (χ1n) is 7.43. The van der Waals surface area contributed by atoms with Gasteiger partial charge in [0.05, 0.1) is 25.9 Å². The van der Waals surface area contributed by atoms with E-state index < -0.39 is 0 Å². The van der Waals surface area contributed by atoms with E-state index in [4.69, 9.17) is 4.74 Å². The second-order valence-corrected chi connectivity index (χ2v) is 6.43. The zero-order valence-corrected chi connectivity index (χ0v) is 13.3. The molecule has 0 aromatic carbocycles. The van der Waals surface area contributed by atoms with Crippen LogP contribution in [-0.4, -0.2) is 44.1 Å². The van der Waals surface area contributed by atoms with Crippen LogP contribution in [0.4, 0.5) is 0 Å². The number of ether oxygens (including phenoxy) is 1. The zero-order chi connectivity index (χ0) is 14.7. The van der Waals surface area contributed by atoms with Gasteiger partial charge in [-0.2, -0.15) is 5.10 Å². The lowest BCUT2D eigenvalue weighted by Gasteiger charge is -2.23. The Morgan fingerprint density at radius 3 is 3.10 bits per heavy atom. The summed E-state index contributed by atoms with van der Waals surface area (Å²) < 4.78 is 7.43. The number of rotatable bonds is 6.